The summed E-state index contributed by atoms with van der Waals surface area (Å²) in [5.74, 6) is -0.708. The van der Waals surface area contributed by atoms with Gasteiger partial charge in [-0.15, -0.1) is 0 Å². The zero-order chi connectivity index (χ0) is 15.4. The summed E-state index contributed by atoms with van der Waals surface area (Å²) >= 11 is 0. The summed E-state index contributed by atoms with van der Waals surface area (Å²) in [5.41, 5.74) is 3.30. The molecule has 0 amide bonds. The molecule has 0 heterocycles. The fourth-order valence-electron chi connectivity index (χ4n) is 0.753. The van der Waals surface area contributed by atoms with Gasteiger partial charge in [0.2, 0.25) is 0 Å². The van der Waals surface area contributed by atoms with Crippen molar-refractivity contribution < 1.29 is 24.7 Å². The number of hydrogen-bond acceptors (Lipinski definition) is 5. The molecule has 1 aromatic carbocycles. The van der Waals surface area contributed by atoms with E-state index in [4.69, 9.17) is 26.0 Å². The lowest BCUT2D eigenvalue weighted by Crippen LogP contribution is -2.44. The summed E-state index contributed by atoms with van der Waals surface area (Å²) in [5, 5.41) is 35.3. The molecule has 108 valence electrons. The van der Waals surface area contributed by atoms with E-state index in [9.17, 15) is 4.39 Å². The Hall–Kier alpha value is -1.15. The minimum Gasteiger partial charge on any atom is -0.423 e. The minimum atomic E-state index is -1.78. The number of anilines is 1. The lowest BCUT2D eigenvalue weighted by Gasteiger charge is -2.31. The molecule has 0 unspecified atom stereocenters. The third-order valence-electron chi connectivity index (χ3n) is 2.80. The first-order valence-electron chi connectivity index (χ1n) is 5.72. The van der Waals surface area contributed by atoms with Gasteiger partial charge in [0, 0.05) is 11.2 Å². The number of hydrogen-bond donors (Lipinski definition) is 5. The fraction of sp³-hybridized carbons (Fsp3) is 0.500. The minimum absolute atomic E-state index is 0.167. The van der Waals surface area contributed by atoms with E-state index in [0.717, 1.165) is 6.07 Å². The van der Waals surface area contributed by atoms with Crippen molar-refractivity contribution in [3.63, 3.8) is 0 Å². The Morgan fingerprint density at radius 1 is 1.05 bits per heavy atom. The molecule has 5 nitrogen and oxygen atoms in total. The zero-order valence-corrected chi connectivity index (χ0v) is 11.6. The molecule has 0 aliphatic rings. The molecule has 0 saturated heterocycles. The van der Waals surface area contributed by atoms with E-state index in [2.05, 4.69) is 0 Å². The van der Waals surface area contributed by atoms with Gasteiger partial charge in [0.05, 0.1) is 11.2 Å². The average molecular weight is 273 g/mol. The first-order valence-corrected chi connectivity index (χ1v) is 5.72. The van der Waals surface area contributed by atoms with Crippen LogP contribution in [0.25, 0.3) is 0 Å². The molecule has 7 heteroatoms. The van der Waals surface area contributed by atoms with Crippen LogP contribution in [0.1, 0.15) is 27.7 Å². The fourth-order valence-corrected chi connectivity index (χ4v) is 0.753. The second-order valence-electron chi connectivity index (χ2n) is 5.27. The second-order valence-corrected chi connectivity index (χ2v) is 5.27. The summed E-state index contributed by atoms with van der Waals surface area (Å²) in [6, 6.07) is 3.67. The lowest BCUT2D eigenvalue weighted by atomic mass is 9.80. The molecular formula is C12H21BFNO4. The molecule has 0 aliphatic heterocycles. The normalized spacial score (nSPS) is 11.6. The number of aliphatic hydroxyl groups is 2. The van der Waals surface area contributed by atoms with Gasteiger partial charge in [-0.25, -0.2) is 4.39 Å². The van der Waals surface area contributed by atoms with E-state index in [-0.39, 0.29) is 11.2 Å². The molecule has 1 aromatic rings. The quantitative estimate of drug-likeness (QED) is 0.373. The number of rotatable bonds is 2. The summed E-state index contributed by atoms with van der Waals surface area (Å²) < 4.78 is 12.7. The Labute approximate surface area is 112 Å². The van der Waals surface area contributed by atoms with Crippen LogP contribution in [0.3, 0.4) is 0 Å². The van der Waals surface area contributed by atoms with Gasteiger partial charge < -0.3 is 26.0 Å². The van der Waals surface area contributed by atoms with Gasteiger partial charge in [-0.3, -0.25) is 0 Å². The summed E-state index contributed by atoms with van der Waals surface area (Å²) in [6.07, 6.45) is 0. The van der Waals surface area contributed by atoms with E-state index in [1.54, 1.807) is 27.7 Å². The summed E-state index contributed by atoms with van der Waals surface area (Å²) in [6.45, 7) is 6.31. The highest BCUT2D eigenvalue weighted by molar-refractivity contribution is 6.58. The van der Waals surface area contributed by atoms with Crippen LogP contribution in [0.4, 0.5) is 10.1 Å². The van der Waals surface area contributed by atoms with E-state index >= 15 is 0 Å². The van der Waals surface area contributed by atoms with E-state index in [1.165, 1.54) is 12.1 Å². The predicted molar refractivity (Wildman–Crippen MR) is 73.2 cm³/mol. The molecule has 0 radical (unpaired) electrons. The Morgan fingerprint density at radius 3 is 1.74 bits per heavy atom. The predicted octanol–water partition coefficient (Wildman–Crippen LogP) is -0.384. The molecule has 0 aromatic heterocycles. The highest BCUT2D eigenvalue weighted by atomic mass is 19.1. The Bertz CT molecular complexity index is 401. The van der Waals surface area contributed by atoms with Crippen LogP contribution in [-0.4, -0.2) is 38.6 Å². The third-order valence-corrected chi connectivity index (χ3v) is 2.80. The molecule has 19 heavy (non-hydrogen) atoms. The van der Waals surface area contributed by atoms with E-state index in [0.29, 0.717) is 0 Å². The standard InChI is InChI=1S/C6H7BFNO2.C6H14O2/c8-6-3-4(9)1-2-5(6)7(10)11;1-5(2,7)6(3,4)8/h1-3,10-11H,9H2;7-8H,1-4H3. The maximum atomic E-state index is 12.7. The maximum absolute atomic E-state index is 12.7. The van der Waals surface area contributed by atoms with Crippen molar-refractivity contribution in [2.24, 2.45) is 0 Å². The van der Waals surface area contributed by atoms with Gasteiger partial charge in [0.1, 0.15) is 5.82 Å². The SMILES string of the molecule is CC(C)(O)C(C)(C)O.Nc1ccc(B(O)O)c(F)c1. The topological polar surface area (TPSA) is 107 Å². The molecule has 6 N–H and O–H groups in total. The van der Waals surface area contributed by atoms with Crippen LogP contribution in [0.5, 0.6) is 0 Å². The van der Waals surface area contributed by atoms with Crippen molar-refractivity contribution >= 4 is 18.3 Å². The molecule has 0 spiro atoms. The Morgan fingerprint density at radius 2 is 1.47 bits per heavy atom. The van der Waals surface area contributed by atoms with Crippen molar-refractivity contribution in [2.75, 3.05) is 5.73 Å². The largest absolute Gasteiger partial charge is 0.491 e. The molecule has 1 rings (SSSR count). The van der Waals surface area contributed by atoms with Crippen LogP contribution in [0, 0.1) is 5.82 Å². The van der Waals surface area contributed by atoms with Crippen molar-refractivity contribution in [3.8, 4) is 0 Å². The number of nitrogens with two attached hydrogens (primary N) is 1. The van der Waals surface area contributed by atoms with Crippen LogP contribution in [0.2, 0.25) is 0 Å². The highest BCUT2D eigenvalue weighted by Gasteiger charge is 2.31. The Balaban J connectivity index is 0.000000362. The van der Waals surface area contributed by atoms with Crippen molar-refractivity contribution in [3.05, 3.63) is 24.0 Å². The molecular weight excluding hydrogens is 252 g/mol. The van der Waals surface area contributed by atoms with Crippen molar-refractivity contribution in [1.29, 1.82) is 0 Å². The first-order chi connectivity index (χ1) is 8.36. The van der Waals surface area contributed by atoms with Crippen molar-refractivity contribution in [2.45, 2.75) is 38.9 Å². The average Bonchev–Trinajstić information content (AvgIpc) is 2.13. The van der Waals surface area contributed by atoms with Gasteiger partial charge in [-0.05, 0) is 39.8 Å². The zero-order valence-electron chi connectivity index (χ0n) is 11.6. The third kappa shape index (κ3) is 6.02. The van der Waals surface area contributed by atoms with Crippen LogP contribution >= 0.6 is 0 Å². The number of nitrogen functional groups attached to an aromatic ring is 1. The second kappa shape index (κ2) is 6.34. The van der Waals surface area contributed by atoms with Gasteiger partial charge in [-0.1, -0.05) is 6.07 Å². The summed E-state index contributed by atoms with van der Waals surface area (Å²) in [4.78, 5) is 0. The van der Waals surface area contributed by atoms with Gasteiger partial charge >= 0.3 is 7.12 Å². The van der Waals surface area contributed by atoms with E-state index < -0.39 is 24.1 Å². The van der Waals surface area contributed by atoms with Crippen molar-refractivity contribution in [1.82, 2.24) is 0 Å². The maximum Gasteiger partial charge on any atom is 0.491 e. The van der Waals surface area contributed by atoms with Gasteiger partial charge in [0.25, 0.3) is 0 Å². The van der Waals surface area contributed by atoms with Gasteiger partial charge in [0.15, 0.2) is 0 Å². The number of halogens is 1. The first kappa shape index (κ1) is 17.9. The molecule has 0 aliphatic carbocycles. The molecule has 0 bridgehead atoms. The summed E-state index contributed by atoms with van der Waals surface area (Å²) in [7, 11) is -1.78. The van der Waals surface area contributed by atoms with Crippen LogP contribution in [-0.2, 0) is 0 Å². The number of benzene rings is 1. The molecule has 0 fully saturated rings. The lowest BCUT2D eigenvalue weighted by molar-refractivity contribution is -0.107. The smallest absolute Gasteiger partial charge is 0.423 e. The van der Waals surface area contributed by atoms with Crippen LogP contribution < -0.4 is 11.2 Å². The molecule has 0 saturated carbocycles. The van der Waals surface area contributed by atoms with E-state index in [1.807, 2.05) is 0 Å². The Kier molecular flexibility index (Phi) is 5.96. The monoisotopic (exact) mass is 273 g/mol. The molecule has 0 atom stereocenters. The van der Waals surface area contributed by atoms with Crippen LogP contribution in [0.15, 0.2) is 18.2 Å². The highest BCUT2D eigenvalue weighted by Crippen LogP contribution is 2.19. The van der Waals surface area contributed by atoms with Gasteiger partial charge in [-0.2, -0.15) is 0 Å².